The summed E-state index contributed by atoms with van der Waals surface area (Å²) in [5.41, 5.74) is 5.83. The van der Waals surface area contributed by atoms with Crippen LogP contribution >= 0.6 is 0 Å². The average Bonchev–Trinajstić information content (AvgIpc) is 2.88. The van der Waals surface area contributed by atoms with Crippen molar-refractivity contribution < 1.29 is 8.42 Å². The molecule has 0 aliphatic carbocycles. The van der Waals surface area contributed by atoms with Crippen LogP contribution in [-0.2, 0) is 16.6 Å². The van der Waals surface area contributed by atoms with Crippen molar-refractivity contribution in [2.24, 2.45) is 0 Å². The molecule has 0 saturated carbocycles. The summed E-state index contributed by atoms with van der Waals surface area (Å²) < 4.78 is 28.2. The summed E-state index contributed by atoms with van der Waals surface area (Å²) >= 11 is 0. The van der Waals surface area contributed by atoms with Crippen LogP contribution in [-0.4, -0.2) is 29.5 Å². The normalized spacial score (nSPS) is 11.6. The standard InChI is InChI=1S/C11H15N5O2S/c12-10-6-11(8-14-7-10)19(17,18)15-2-1-4-16-5-3-13-9-16/h3,5-9,15H,1-2,4,12H2. The van der Waals surface area contributed by atoms with Crippen LogP contribution in [0, 0.1) is 0 Å². The Bertz CT molecular complexity index is 624. The molecule has 3 N–H and O–H groups in total. The average molecular weight is 281 g/mol. The van der Waals surface area contributed by atoms with Crippen LogP contribution in [0.15, 0.2) is 42.1 Å². The van der Waals surface area contributed by atoms with Crippen molar-refractivity contribution in [2.45, 2.75) is 17.9 Å². The van der Waals surface area contributed by atoms with Gasteiger partial charge < -0.3 is 10.3 Å². The maximum absolute atomic E-state index is 11.9. The Balaban J connectivity index is 1.88. The Kier molecular flexibility index (Phi) is 4.13. The molecule has 0 atom stereocenters. The van der Waals surface area contributed by atoms with E-state index in [4.69, 9.17) is 5.73 Å². The smallest absolute Gasteiger partial charge is 0.242 e. The zero-order chi connectivity index (χ0) is 13.7. The predicted molar refractivity (Wildman–Crippen MR) is 70.7 cm³/mol. The number of pyridine rings is 1. The van der Waals surface area contributed by atoms with E-state index >= 15 is 0 Å². The summed E-state index contributed by atoms with van der Waals surface area (Å²) in [6.07, 6.45) is 8.55. The SMILES string of the molecule is Nc1cncc(S(=O)(=O)NCCCn2ccnc2)c1. The van der Waals surface area contributed by atoms with Crippen molar-refractivity contribution in [2.75, 3.05) is 12.3 Å². The van der Waals surface area contributed by atoms with E-state index in [1.165, 1.54) is 18.5 Å². The molecule has 0 saturated heterocycles. The summed E-state index contributed by atoms with van der Waals surface area (Å²) in [7, 11) is -3.54. The van der Waals surface area contributed by atoms with Gasteiger partial charge in [0.15, 0.2) is 0 Å². The van der Waals surface area contributed by atoms with E-state index in [0.717, 1.165) is 0 Å². The first-order valence-electron chi connectivity index (χ1n) is 5.74. The fraction of sp³-hybridized carbons (Fsp3) is 0.273. The molecule has 7 nitrogen and oxygen atoms in total. The van der Waals surface area contributed by atoms with Crippen LogP contribution in [0.3, 0.4) is 0 Å². The third-order valence-electron chi connectivity index (χ3n) is 2.49. The maximum Gasteiger partial charge on any atom is 0.242 e. The van der Waals surface area contributed by atoms with Crippen LogP contribution in [0.1, 0.15) is 6.42 Å². The predicted octanol–water partition coefficient (Wildman–Crippen LogP) is 0.229. The summed E-state index contributed by atoms with van der Waals surface area (Å²) in [5.74, 6) is 0. The van der Waals surface area contributed by atoms with Crippen LogP contribution < -0.4 is 10.5 Å². The second-order valence-corrected chi connectivity index (χ2v) is 5.77. The van der Waals surface area contributed by atoms with Gasteiger partial charge in [0.1, 0.15) is 4.90 Å². The lowest BCUT2D eigenvalue weighted by Crippen LogP contribution is -2.25. The minimum atomic E-state index is -3.54. The molecule has 2 heterocycles. The second-order valence-electron chi connectivity index (χ2n) is 4.01. The lowest BCUT2D eigenvalue weighted by Gasteiger charge is -2.07. The highest BCUT2D eigenvalue weighted by atomic mass is 32.2. The van der Waals surface area contributed by atoms with Gasteiger partial charge in [0.05, 0.1) is 12.0 Å². The first-order valence-corrected chi connectivity index (χ1v) is 7.22. The highest BCUT2D eigenvalue weighted by molar-refractivity contribution is 7.89. The summed E-state index contributed by atoms with van der Waals surface area (Å²) in [6, 6.07) is 1.38. The van der Waals surface area contributed by atoms with Crippen molar-refractivity contribution >= 4 is 15.7 Å². The van der Waals surface area contributed by atoms with Crippen LogP contribution in [0.25, 0.3) is 0 Å². The molecular formula is C11H15N5O2S. The second kappa shape index (κ2) is 5.81. The van der Waals surface area contributed by atoms with Crippen LogP contribution in [0.2, 0.25) is 0 Å². The van der Waals surface area contributed by atoms with E-state index in [-0.39, 0.29) is 4.90 Å². The number of nitrogens with zero attached hydrogens (tertiary/aromatic N) is 3. The number of aromatic nitrogens is 3. The van der Waals surface area contributed by atoms with E-state index in [9.17, 15) is 8.42 Å². The number of nitrogen functional groups attached to an aromatic ring is 1. The van der Waals surface area contributed by atoms with Gasteiger partial charge in [0.2, 0.25) is 10.0 Å². The van der Waals surface area contributed by atoms with E-state index in [1.54, 1.807) is 12.5 Å². The molecular weight excluding hydrogens is 266 g/mol. The van der Waals surface area contributed by atoms with Gasteiger partial charge in [-0.25, -0.2) is 18.1 Å². The van der Waals surface area contributed by atoms with Gasteiger partial charge in [0, 0.05) is 37.9 Å². The number of hydrogen-bond acceptors (Lipinski definition) is 5. The van der Waals surface area contributed by atoms with Gasteiger partial charge in [-0.1, -0.05) is 0 Å². The Morgan fingerprint density at radius 1 is 1.32 bits per heavy atom. The first kappa shape index (κ1) is 13.5. The Labute approximate surface area is 111 Å². The zero-order valence-corrected chi connectivity index (χ0v) is 11.0. The lowest BCUT2D eigenvalue weighted by atomic mass is 10.4. The number of aryl methyl sites for hydroxylation is 1. The molecule has 0 fully saturated rings. The molecule has 0 aliphatic rings. The number of anilines is 1. The highest BCUT2D eigenvalue weighted by Crippen LogP contribution is 2.10. The molecule has 0 spiro atoms. The Hall–Kier alpha value is -1.93. The van der Waals surface area contributed by atoms with Crippen LogP contribution in [0.5, 0.6) is 0 Å². The number of rotatable bonds is 6. The van der Waals surface area contributed by atoms with Gasteiger partial charge in [-0.05, 0) is 12.5 Å². The van der Waals surface area contributed by atoms with Gasteiger partial charge in [-0.3, -0.25) is 4.98 Å². The van der Waals surface area contributed by atoms with E-state index in [1.807, 2.05) is 10.8 Å². The molecule has 102 valence electrons. The molecule has 0 bridgehead atoms. The largest absolute Gasteiger partial charge is 0.397 e. The van der Waals surface area contributed by atoms with Gasteiger partial charge >= 0.3 is 0 Å². The van der Waals surface area contributed by atoms with Crippen molar-refractivity contribution in [3.8, 4) is 0 Å². The zero-order valence-electron chi connectivity index (χ0n) is 10.2. The molecule has 0 aromatic carbocycles. The molecule has 2 rings (SSSR count). The molecule has 8 heteroatoms. The highest BCUT2D eigenvalue weighted by Gasteiger charge is 2.13. The lowest BCUT2D eigenvalue weighted by molar-refractivity contribution is 0.569. The quantitative estimate of drug-likeness (QED) is 0.738. The maximum atomic E-state index is 11.9. The molecule has 0 radical (unpaired) electrons. The first-order chi connectivity index (χ1) is 9.08. The minimum Gasteiger partial charge on any atom is -0.397 e. The molecule has 19 heavy (non-hydrogen) atoms. The molecule has 2 aromatic heterocycles. The summed E-state index contributed by atoms with van der Waals surface area (Å²) in [5, 5.41) is 0. The topological polar surface area (TPSA) is 103 Å². The van der Waals surface area contributed by atoms with Crippen molar-refractivity contribution in [3.05, 3.63) is 37.2 Å². The van der Waals surface area contributed by atoms with Crippen molar-refractivity contribution in [1.82, 2.24) is 19.3 Å². The van der Waals surface area contributed by atoms with Gasteiger partial charge in [0.25, 0.3) is 0 Å². The Morgan fingerprint density at radius 3 is 2.84 bits per heavy atom. The molecule has 0 unspecified atom stereocenters. The van der Waals surface area contributed by atoms with Gasteiger partial charge in [-0.15, -0.1) is 0 Å². The Morgan fingerprint density at radius 2 is 2.16 bits per heavy atom. The molecule has 0 aliphatic heterocycles. The fourth-order valence-corrected chi connectivity index (χ4v) is 2.62. The number of nitrogens with one attached hydrogen (secondary N) is 1. The van der Waals surface area contributed by atoms with E-state index < -0.39 is 10.0 Å². The number of imidazole rings is 1. The fourth-order valence-electron chi connectivity index (χ4n) is 1.55. The number of hydrogen-bond donors (Lipinski definition) is 2. The van der Waals surface area contributed by atoms with Crippen molar-refractivity contribution in [1.29, 1.82) is 0 Å². The monoisotopic (exact) mass is 281 g/mol. The minimum absolute atomic E-state index is 0.0788. The number of sulfonamides is 1. The molecule has 2 aromatic rings. The van der Waals surface area contributed by atoms with Crippen LogP contribution in [0.4, 0.5) is 5.69 Å². The molecule has 0 amide bonds. The third kappa shape index (κ3) is 3.76. The summed E-state index contributed by atoms with van der Waals surface area (Å²) in [4.78, 5) is 7.75. The van der Waals surface area contributed by atoms with Crippen molar-refractivity contribution in [3.63, 3.8) is 0 Å². The third-order valence-corrected chi connectivity index (χ3v) is 3.92. The number of nitrogens with two attached hydrogens (primary N) is 1. The van der Waals surface area contributed by atoms with E-state index in [0.29, 0.717) is 25.2 Å². The van der Waals surface area contributed by atoms with Gasteiger partial charge in [-0.2, -0.15) is 0 Å². The summed E-state index contributed by atoms with van der Waals surface area (Å²) in [6.45, 7) is 1.05. The van der Waals surface area contributed by atoms with E-state index in [2.05, 4.69) is 14.7 Å².